The second-order valence-electron chi connectivity index (χ2n) is 6.31. The Morgan fingerprint density at radius 3 is 2.56 bits per heavy atom. The summed E-state index contributed by atoms with van der Waals surface area (Å²) in [5.74, 6) is -1.78. The minimum absolute atomic E-state index is 0.152. The number of para-hydroxylation sites is 1. The number of hydrogen-bond acceptors (Lipinski definition) is 3. The highest BCUT2D eigenvalue weighted by atomic mass is 19.1. The summed E-state index contributed by atoms with van der Waals surface area (Å²) in [6.07, 6.45) is 3.67. The van der Waals surface area contributed by atoms with Crippen LogP contribution in [-0.4, -0.2) is 46.8 Å². The van der Waals surface area contributed by atoms with E-state index in [0.29, 0.717) is 12.2 Å². The van der Waals surface area contributed by atoms with Crippen molar-refractivity contribution in [3.63, 3.8) is 0 Å². The van der Waals surface area contributed by atoms with Crippen LogP contribution in [0, 0.1) is 18.6 Å². The van der Waals surface area contributed by atoms with E-state index in [1.165, 1.54) is 31.4 Å². The maximum atomic E-state index is 13.9. The van der Waals surface area contributed by atoms with Gasteiger partial charge in [0.25, 0.3) is 5.91 Å². The number of nitrogens with zero attached hydrogens (tertiary/aromatic N) is 3. The molecule has 1 aliphatic heterocycles. The molecule has 1 aromatic carbocycles. The molecule has 0 saturated carbocycles. The van der Waals surface area contributed by atoms with Crippen molar-refractivity contribution >= 4 is 5.91 Å². The van der Waals surface area contributed by atoms with Gasteiger partial charge in [-0.2, -0.15) is 5.10 Å². The van der Waals surface area contributed by atoms with E-state index in [1.807, 2.05) is 0 Å². The summed E-state index contributed by atoms with van der Waals surface area (Å²) in [6.45, 7) is 5.11. The fourth-order valence-corrected chi connectivity index (χ4v) is 3.10. The van der Waals surface area contributed by atoms with Crippen molar-refractivity contribution in [3.8, 4) is 5.69 Å². The molecule has 3 rings (SSSR count). The normalized spacial score (nSPS) is 15.3. The molecule has 2 heterocycles. The van der Waals surface area contributed by atoms with E-state index in [-0.39, 0.29) is 17.3 Å². The maximum absolute atomic E-state index is 13.9. The number of hydrogen-bond donors (Lipinski definition) is 1. The third-order valence-electron chi connectivity index (χ3n) is 4.43. The molecule has 0 spiro atoms. The Hall–Kier alpha value is -2.28. The molecule has 134 valence electrons. The number of piperidine rings is 1. The predicted octanol–water partition coefficient (Wildman–Crippen LogP) is 2.67. The van der Waals surface area contributed by atoms with Crippen LogP contribution in [-0.2, 0) is 0 Å². The zero-order chi connectivity index (χ0) is 17.8. The summed E-state index contributed by atoms with van der Waals surface area (Å²) in [6, 6.07) is 5.15. The lowest BCUT2D eigenvalue weighted by Gasteiger charge is -2.26. The number of likely N-dealkylation sites (tertiary alicyclic amines) is 1. The molecule has 0 atom stereocenters. The van der Waals surface area contributed by atoms with Crippen LogP contribution in [0.5, 0.6) is 0 Å². The summed E-state index contributed by atoms with van der Waals surface area (Å²) in [5, 5.41) is 6.90. The van der Waals surface area contributed by atoms with E-state index in [1.54, 1.807) is 6.92 Å². The third-order valence-corrected chi connectivity index (χ3v) is 4.43. The largest absolute Gasteiger partial charge is 0.349 e. The zero-order valence-electron chi connectivity index (χ0n) is 14.3. The van der Waals surface area contributed by atoms with Gasteiger partial charge in [-0.3, -0.25) is 4.79 Å². The third kappa shape index (κ3) is 4.04. The maximum Gasteiger partial charge on any atom is 0.271 e. The Labute approximate surface area is 145 Å². The van der Waals surface area contributed by atoms with Crippen molar-refractivity contribution in [2.75, 3.05) is 26.2 Å². The molecule has 25 heavy (non-hydrogen) atoms. The fraction of sp³-hybridized carbons (Fsp3) is 0.444. The summed E-state index contributed by atoms with van der Waals surface area (Å²) in [4.78, 5) is 14.6. The number of halogens is 2. The first-order valence-corrected chi connectivity index (χ1v) is 8.58. The standard InChI is InChI=1S/C18H22F2N4O/c1-13-12-16(18(25)21-8-11-23-9-3-2-4-10-23)22-24(13)17-14(19)6-5-7-15(17)20/h5-7,12H,2-4,8-11H2,1H3,(H,21,25). The minimum atomic E-state index is -0.719. The zero-order valence-corrected chi connectivity index (χ0v) is 14.3. The minimum Gasteiger partial charge on any atom is -0.349 e. The number of rotatable bonds is 5. The first-order valence-electron chi connectivity index (χ1n) is 8.58. The van der Waals surface area contributed by atoms with Gasteiger partial charge in [0.1, 0.15) is 5.69 Å². The van der Waals surface area contributed by atoms with Crippen LogP contribution >= 0.6 is 0 Å². The van der Waals surface area contributed by atoms with Crippen molar-refractivity contribution in [1.29, 1.82) is 0 Å². The first kappa shape index (κ1) is 17.5. The van der Waals surface area contributed by atoms with E-state index in [2.05, 4.69) is 15.3 Å². The number of amides is 1. The molecule has 0 aliphatic carbocycles. The van der Waals surface area contributed by atoms with Crippen LogP contribution in [0.1, 0.15) is 35.4 Å². The Morgan fingerprint density at radius 1 is 1.20 bits per heavy atom. The van der Waals surface area contributed by atoms with E-state index in [4.69, 9.17) is 0 Å². The number of aromatic nitrogens is 2. The summed E-state index contributed by atoms with van der Waals surface area (Å²) >= 11 is 0. The van der Waals surface area contributed by atoms with Crippen LogP contribution in [0.4, 0.5) is 8.78 Å². The number of benzene rings is 1. The van der Waals surface area contributed by atoms with Crippen molar-refractivity contribution < 1.29 is 13.6 Å². The van der Waals surface area contributed by atoms with Crippen LogP contribution < -0.4 is 5.32 Å². The van der Waals surface area contributed by atoms with Crippen LogP contribution in [0.25, 0.3) is 5.69 Å². The monoisotopic (exact) mass is 348 g/mol. The lowest BCUT2D eigenvalue weighted by molar-refractivity contribution is 0.0941. The van der Waals surface area contributed by atoms with Crippen molar-refractivity contribution in [2.24, 2.45) is 0 Å². The molecule has 0 radical (unpaired) electrons. The van der Waals surface area contributed by atoms with Crippen molar-refractivity contribution in [3.05, 3.63) is 47.3 Å². The van der Waals surface area contributed by atoms with Gasteiger partial charge >= 0.3 is 0 Å². The highest BCUT2D eigenvalue weighted by Crippen LogP contribution is 2.19. The molecule has 7 heteroatoms. The molecular formula is C18H22F2N4O. The molecule has 1 saturated heterocycles. The predicted molar refractivity (Wildman–Crippen MR) is 90.8 cm³/mol. The van der Waals surface area contributed by atoms with E-state index >= 15 is 0 Å². The Kier molecular flexibility index (Phi) is 5.43. The van der Waals surface area contributed by atoms with Gasteiger partial charge in [0, 0.05) is 18.8 Å². The summed E-state index contributed by atoms with van der Waals surface area (Å²) in [5.41, 5.74) is 0.372. The molecule has 1 amide bonds. The van der Waals surface area contributed by atoms with Gasteiger partial charge in [0.2, 0.25) is 0 Å². The molecule has 1 aliphatic rings. The van der Waals surface area contributed by atoms with Crippen LogP contribution in [0.3, 0.4) is 0 Å². The SMILES string of the molecule is Cc1cc(C(=O)NCCN2CCCCC2)nn1-c1c(F)cccc1F. The highest BCUT2D eigenvalue weighted by Gasteiger charge is 2.18. The number of aryl methyl sites for hydroxylation is 1. The lowest BCUT2D eigenvalue weighted by atomic mass is 10.1. The molecule has 0 bridgehead atoms. The fourth-order valence-electron chi connectivity index (χ4n) is 3.10. The molecule has 1 fully saturated rings. The Bertz CT molecular complexity index is 733. The van der Waals surface area contributed by atoms with Gasteiger partial charge in [-0.15, -0.1) is 0 Å². The van der Waals surface area contributed by atoms with Gasteiger partial charge in [0.05, 0.1) is 0 Å². The molecule has 5 nitrogen and oxygen atoms in total. The molecule has 0 unspecified atom stereocenters. The van der Waals surface area contributed by atoms with Crippen molar-refractivity contribution in [1.82, 2.24) is 20.0 Å². The lowest BCUT2D eigenvalue weighted by Crippen LogP contribution is -2.37. The summed E-state index contributed by atoms with van der Waals surface area (Å²) in [7, 11) is 0. The molecular weight excluding hydrogens is 326 g/mol. The Balaban J connectivity index is 1.66. The van der Waals surface area contributed by atoms with E-state index in [0.717, 1.165) is 36.4 Å². The molecule has 1 N–H and O–H groups in total. The smallest absolute Gasteiger partial charge is 0.271 e. The van der Waals surface area contributed by atoms with Crippen molar-refractivity contribution in [2.45, 2.75) is 26.2 Å². The van der Waals surface area contributed by atoms with Gasteiger partial charge < -0.3 is 10.2 Å². The van der Waals surface area contributed by atoms with Crippen LogP contribution in [0.15, 0.2) is 24.3 Å². The first-order chi connectivity index (χ1) is 12.1. The molecule has 1 aromatic heterocycles. The van der Waals surface area contributed by atoms with Gasteiger partial charge in [0.15, 0.2) is 17.3 Å². The topological polar surface area (TPSA) is 50.2 Å². The number of carbonyl (C=O) groups is 1. The summed E-state index contributed by atoms with van der Waals surface area (Å²) < 4.78 is 29.0. The highest BCUT2D eigenvalue weighted by molar-refractivity contribution is 5.92. The second-order valence-corrected chi connectivity index (χ2v) is 6.31. The van der Waals surface area contributed by atoms with Gasteiger partial charge in [-0.1, -0.05) is 12.5 Å². The molecule has 2 aromatic rings. The van der Waals surface area contributed by atoms with Gasteiger partial charge in [-0.25, -0.2) is 13.5 Å². The average Bonchev–Trinajstić information content (AvgIpc) is 2.97. The average molecular weight is 348 g/mol. The quantitative estimate of drug-likeness (QED) is 0.904. The van der Waals surface area contributed by atoms with E-state index in [9.17, 15) is 13.6 Å². The second kappa shape index (κ2) is 7.74. The number of carbonyl (C=O) groups excluding carboxylic acids is 1. The van der Waals surface area contributed by atoms with E-state index < -0.39 is 11.6 Å². The van der Waals surface area contributed by atoms with Crippen LogP contribution in [0.2, 0.25) is 0 Å². The van der Waals surface area contributed by atoms with Gasteiger partial charge in [-0.05, 0) is 51.1 Å². The number of nitrogens with one attached hydrogen (secondary N) is 1. The Morgan fingerprint density at radius 2 is 1.88 bits per heavy atom.